The first kappa shape index (κ1) is 23.6. The van der Waals surface area contributed by atoms with Crippen molar-refractivity contribution in [3.8, 4) is 0 Å². The molecule has 180 valence electrons. The Kier molecular flexibility index (Phi) is 6.26. The predicted molar refractivity (Wildman–Crippen MR) is 122 cm³/mol. The monoisotopic (exact) mass is 507 g/mol. The predicted octanol–water partition coefficient (Wildman–Crippen LogP) is 0.0435. The van der Waals surface area contributed by atoms with Gasteiger partial charge in [0.25, 0.3) is 11.8 Å². The van der Waals surface area contributed by atoms with Crippen molar-refractivity contribution in [2.75, 3.05) is 11.5 Å². The lowest BCUT2D eigenvalue weighted by atomic mass is 10.0. The maximum absolute atomic E-state index is 13.1. The number of thioether (sulfide) groups is 1. The van der Waals surface area contributed by atoms with E-state index in [1.807, 2.05) is 6.92 Å². The van der Waals surface area contributed by atoms with Gasteiger partial charge >= 0.3 is 5.97 Å². The van der Waals surface area contributed by atoms with E-state index in [0.29, 0.717) is 23.7 Å². The van der Waals surface area contributed by atoms with Crippen LogP contribution in [0.15, 0.2) is 16.1 Å². The number of tetrazole rings is 1. The number of hydrogen-bond acceptors (Lipinski definition) is 12. The SMILES string of the molecule is CCC1=C(c2nnn[nH]2)N2C(=O)[C@@H](NC(=O)/C(=N\OC(C)(C)C(=O)O)c3csc(N)n3)[C@H]2SC1. The molecule has 2 amide bonds. The molecule has 1 fully saturated rings. The molecule has 2 aromatic rings. The molecule has 0 aromatic carbocycles. The molecule has 2 aliphatic heterocycles. The van der Waals surface area contributed by atoms with Crippen molar-refractivity contribution in [3.05, 3.63) is 22.5 Å². The van der Waals surface area contributed by atoms with Crippen LogP contribution in [0.5, 0.6) is 0 Å². The molecule has 2 aliphatic rings. The molecule has 0 saturated carbocycles. The second kappa shape index (κ2) is 9.02. The average molecular weight is 508 g/mol. The number of rotatable bonds is 8. The molecule has 14 nitrogen and oxygen atoms in total. The third-order valence-corrected chi connectivity index (χ3v) is 7.20. The first-order valence-electron chi connectivity index (χ1n) is 10.1. The van der Waals surface area contributed by atoms with Crippen LogP contribution in [0.25, 0.3) is 5.70 Å². The number of nitrogen functional groups attached to an aromatic ring is 1. The van der Waals surface area contributed by atoms with Crippen LogP contribution in [-0.2, 0) is 19.2 Å². The average Bonchev–Trinajstić information content (AvgIpc) is 3.48. The fourth-order valence-corrected chi connectivity index (χ4v) is 5.25. The maximum Gasteiger partial charge on any atom is 0.350 e. The number of carboxylic acids is 1. The highest BCUT2D eigenvalue weighted by atomic mass is 32.2. The normalized spacial score (nSPS) is 20.6. The summed E-state index contributed by atoms with van der Waals surface area (Å²) in [7, 11) is 0. The van der Waals surface area contributed by atoms with E-state index in [0.717, 1.165) is 16.9 Å². The molecule has 4 rings (SSSR count). The van der Waals surface area contributed by atoms with Crippen molar-refractivity contribution in [2.45, 2.75) is 44.2 Å². The van der Waals surface area contributed by atoms with E-state index in [2.05, 4.69) is 36.1 Å². The molecule has 0 spiro atoms. The Labute approximate surface area is 201 Å². The van der Waals surface area contributed by atoms with Crippen LogP contribution in [0.4, 0.5) is 5.13 Å². The molecule has 0 aliphatic carbocycles. The summed E-state index contributed by atoms with van der Waals surface area (Å²) in [5.74, 6) is -1.35. The number of carboxylic acid groups (broad SMARTS) is 1. The van der Waals surface area contributed by atoms with Gasteiger partial charge in [-0.15, -0.1) is 28.2 Å². The molecule has 0 bridgehead atoms. The van der Waals surface area contributed by atoms with Crippen molar-refractivity contribution in [2.24, 2.45) is 5.16 Å². The Hall–Kier alpha value is -3.53. The van der Waals surface area contributed by atoms with E-state index in [9.17, 15) is 19.5 Å². The molecule has 16 heteroatoms. The van der Waals surface area contributed by atoms with E-state index >= 15 is 0 Å². The molecule has 0 unspecified atom stereocenters. The molecular formula is C18H21N9O5S2. The molecular weight excluding hydrogens is 486 g/mol. The number of fused-ring (bicyclic) bond motifs is 1. The fraction of sp³-hybridized carbons (Fsp3) is 0.444. The van der Waals surface area contributed by atoms with Crippen LogP contribution < -0.4 is 11.1 Å². The Morgan fingerprint density at radius 1 is 1.47 bits per heavy atom. The van der Waals surface area contributed by atoms with Crippen LogP contribution in [0.3, 0.4) is 0 Å². The number of β-lactam (4-membered cyclic amide) rings is 1. The lowest BCUT2D eigenvalue weighted by molar-refractivity contribution is -0.161. The second-order valence-electron chi connectivity index (χ2n) is 7.83. The van der Waals surface area contributed by atoms with Gasteiger partial charge in [-0.3, -0.25) is 14.5 Å². The number of carbonyl (C=O) groups excluding carboxylic acids is 2. The third-order valence-electron chi connectivity index (χ3n) is 5.19. The third kappa shape index (κ3) is 4.21. The van der Waals surface area contributed by atoms with Gasteiger partial charge in [0.05, 0.1) is 5.70 Å². The number of oxime groups is 1. The van der Waals surface area contributed by atoms with Gasteiger partial charge < -0.3 is 21.0 Å². The van der Waals surface area contributed by atoms with Gasteiger partial charge in [0.1, 0.15) is 17.1 Å². The van der Waals surface area contributed by atoms with E-state index in [-0.39, 0.29) is 27.8 Å². The first-order chi connectivity index (χ1) is 16.1. The molecule has 0 radical (unpaired) electrons. The number of aromatic nitrogens is 5. The number of nitrogens with two attached hydrogens (primary N) is 1. The second-order valence-corrected chi connectivity index (χ2v) is 9.83. The summed E-state index contributed by atoms with van der Waals surface area (Å²) in [6, 6.07) is -0.851. The molecule has 1 saturated heterocycles. The number of aliphatic carboxylic acids is 1. The number of hydrogen-bond donors (Lipinski definition) is 4. The largest absolute Gasteiger partial charge is 0.478 e. The van der Waals surface area contributed by atoms with Crippen molar-refractivity contribution in [1.29, 1.82) is 0 Å². The zero-order valence-corrected chi connectivity index (χ0v) is 19.9. The summed E-state index contributed by atoms with van der Waals surface area (Å²) < 4.78 is 0. The number of nitrogens with zero attached hydrogens (tertiary/aromatic N) is 6. The quantitative estimate of drug-likeness (QED) is 0.213. The van der Waals surface area contributed by atoms with Crippen LogP contribution in [-0.4, -0.2) is 81.9 Å². The molecule has 4 heterocycles. The molecule has 2 aromatic heterocycles. The Bertz CT molecular complexity index is 1190. The summed E-state index contributed by atoms with van der Waals surface area (Å²) in [5.41, 5.74) is 5.40. The number of aromatic amines is 1. The molecule has 5 N–H and O–H groups in total. The summed E-state index contributed by atoms with van der Waals surface area (Å²) in [6.07, 6.45) is 0.704. The van der Waals surface area contributed by atoms with Crippen LogP contribution >= 0.6 is 23.1 Å². The van der Waals surface area contributed by atoms with E-state index in [1.165, 1.54) is 31.0 Å². The number of nitrogens with one attached hydrogen (secondary N) is 2. The minimum absolute atomic E-state index is 0.0997. The fourth-order valence-electron chi connectivity index (χ4n) is 3.25. The van der Waals surface area contributed by atoms with Gasteiger partial charge in [-0.05, 0) is 36.3 Å². The van der Waals surface area contributed by atoms with Crippen LogP contribution in [0.1, 0.15) is 38.7 Å². The Morgan fingerprint density at radius 3 is 2.82 bits per heavy atom. The summed E-state index contributed by atoms with van der Waals surface area (Å²) in [6.45, 7) is 4.55. The van der Waals surface area contributed by atoms with Gasteiger partial charge in [-0.1, -0.05) is 12.1 Å². The van der Waals surface area contributed by atoms with Crippen LogP contribution in [0.2, 0.25) is 0 Å². The summed E-state index contributed by atoms with van der Waals surface area (Å²) >= 11 is 2.58. The number of amides is 2. The number of carbonyl (C=O) groups is 3. The van der Waals surface area contributed by atoms with Gasteiger partial charge in [-0.25, -0.2) is 14.9 Å². The highest BCUT2D eigenvalue weighted by Crippen LogP contribution is 2.43. The van der Waals surface area contributed by atoms with Gasteiger partial charge in [0.2, 0.25) is 5.60 Å². The lowest BCUT2D eigenvalue weighted by Crippen LogP contribution is -2.70. The van der Waals surface area contributed by atoms with Gasteiger partial charge in [0.15, 0.2) is 16.7 Å². The Morgan fingerprint density at radius 2 is 2.24 bits per heavy atom. The Balaban J connectivity index is 1.57. The van der Waals surface area contributed by atoms with E-state index in [4.69, 9.17) is 10.6 Å². The highest BCUT2D eigenvalue weighted by molar-refractivity contribution is 8.00. The lowest BCUT2D eigenvalue weighted by Gasteiger charge is -2.50. The van der Waals surface area contributed by atoms with E-state index in [1.54, 1.807) is 4.90 Å². The van der Waals surface area contributed by atoms with Gasteiger partial charge in [0, 0.05) is 11.1 Å². The number of thiazole rings is 1. The maximum atomic E-state index is 13.1. The van der Waals surface area contributed by atoms with E-state index < -0.39 is 23.5 Å². The topological polar surface area (TPSA) is 202 Å². The van der Waals surface area contributed by atoms with Crippen LogP contribution in [0, 0.1) is 0 Å². The van der Waals surface area contributed by atoms with Crippen molar-refractivity contribution < 1.29 is 24.3 Å². The first-order valence-corrected chi connectivity index (χ1v) is 12.0. The molecule has 2 atom stereocenters. The number of anilines is 1. The van der Waals surface area contributed by atoms with Crippen molar-refractivity contribution in [1.82, 2.24) is 35.8 Å². The minimum Gasteiger partial charge on any atom is -0.478 e. The number of H-pyrrole nitrogens is 1. The van der Waals surface area contributed by atoms with Gasteiger partial charge in [-0.2, -0.15) is 0 Å². The zero-order chi connectivity index (χ0) is 24.6. The summed E-state index contributed by atoms with van der Waals surface area (Å²) in [5, 5.41) is 30.8. The summed E-state index contributed by atoms with van der Waals surface area (Å²) in [4.78, 5) is 48.3. The smallest absolute Gasteiger partial charge is 0.350 e. The standard InChI is InChI=1S/C18H21N9O5S2/c1-4-7-5-33-15-10(14(29)27(15)11(7)12-22-25-26-23-12)21-13(28)9(8-6-34-17(19)20-8)24-32-18(2,3)16(30)31/h6,10,15H,4-5H2,1-3H3,(H2,19,20)(H,21,28)(H,30,31)(H,22,23,25,26)/b24-9-/t10-,15-/m1/s1. The zero-order valence-electron chi connectivity index (χ0n) is 18.3. The van der Waals surface area contributed by atoms with Crippen molar-refractivity contribution in [3.63, 3.8) is 0 Å². The van der Waals surface area contributed by atoms with Crippen molar-refractivity contribution >= 4 is 57.4 Å². The highest BCUT2D eigenvalue weighted by Gasteiger charge is 2.53. The minimum atomic E-state index is -1.70. The molecule has 34 heavy (non-hydrogen) atoms.